The number of amides is 1. The third kappa shape index (κ3) is 3.96. The Morgan fingerprint density at radius 2 is 2.10 bits per heavy atom. The first-order valence-electron chi connectivity index (χ1n) is 6.81. The van der Waals surface area contributed by atoms with Crippen molar-refractivity contribution in [3.8, 4) is 0 Å². The smallest absolute Gasteiger partial charge is 0.251 e. The van der Waals surface area contributed by atoms with Crippen LogP contribution in [0.25, 0.3) is 0 Å². The second-order valence-electron chi connectivity index (χ2n) is 5.65. The summed E-state index contributed by atoms with van der Waals surface area (Å²) in [7, 11) is -3.91. The molecule has 1 aliphatic rings. The molecule has 1 fully saturated rings. The molecule has 3 N–H and O–H groups in total. The molecule has 1 aromatic rings. The zero-order valence-electron chi connectivity index (χ0n) is 12.0. The van der Waals surface area contributed by atoms with E-state index in [9.17, 15) is 13.2 Å². The minimum atomic E-state index is -3.91. The molecule has 5 nitrogen and oxygen atoms in total. The van der Waals surface area contributed by atoms with E-state index in [1.54, 1.807) is 6.92 Å². The maximum atomic E-state index is 12.2. The van der Waals surface area contributed by atoms with Crippen LogP contribution in [0, 0.1) is 18.8 Å². The second kappa shape index (κ2) is 5.94. The van der Waals surface area contributed by atoms with Crippen LogP contribution in [0.4, 0.5) is 0 Å². The summed E-state index contributed by atoms with van der Waals surface area (Å²) in [5, 5.41) is 8.15. The average Bonchev–Trinajstić information content (AvgIpc) is 3.20. The molecule has 0 bridgehead atoms. The Hall–Kier alpha value is -1.11. The molecule has 1 unspecified atom stereocenters. The summed E-state index contributed by atoms with van der Waals surface area (Å²) < 4.78 is 23.1. The molecule has 2 rings (SSSR count). The lowest BCUT2D eigenvalue weighted by molar-refractivity contribution is 0.0946. The molecule has 0 aromatic heterocycles. The van der Waals surface area contributed by atoms with Gasteiger partial charge in [0, 0.05) is 17.1 Å². The first-order valence-corrected chi connectivity index (χ1v) is 8.73. The molecular weight excluding hydrogens is 312 g/mol. The van der Waals surface area contributed by atoms with Gasteiger partial charge in [0.1, 0.15) is 0 Å². The van der Waals surface area contributed by atoms with Gasteiger partial charge in [-0.2, -0.15) is 0 Å². The highest BCUT2D eigenvalue weighted by atomic mass is 35.5. The van der Waals surface area contributed by atoms with Crippen LogP contribution in [0.3, 0.4) is 0 Å². The van der Waals surface area contributed by atoms with Crippen molar-refractivity contribution in [2.75, 3.05) is 6.54 Å². The van der Waals surface area contributed by atoms with Crippen molar-refractivity contribution in [3.05, 3.63) is 28.3 Å². The van der Waals surface area contributed by atoms with Crippen LogP contribution in [0.1, 0.15) is 35.7 Å². The monoisotopic (exact) mass is 330 g/mol. The van der Waals surface area contributed by atoms with Crippen LogP contribution >= 0.6 is 11.6 Å². The topological polar surface area (TPSA) is 89.3 Å². The molecule has 1 aliphatic carbocycles. The minimum absolute atomic E-state index is 0.115. The molecule has 1 amide bonds. The number of hydrogen-bond acceptors (Lipinski definition) is 3. The number of nitrogens with two attached hydrogens (primary N) is 1. The highest BCUT2D eigenvalue weighted by molar-refractivity contribution is 7.89. The number of rotatable bonds is 5. The summed E-state index contributed by atoms with van der Waals surface area (Å²) in [5.74, 6) is 0.782. The summed E-state index contributed by atoms with van der Waals surface area (Å²) in [6.45, 7) is 4.22. The summed E-state index contributed by atoms with van der Waals surface area (Å²) in [4.78, 5) is 12.1. The van der Waals surface area contributed by atoms with Gasteiger partial charge in [-0.15, -0.1) is 0 Å². The van der Waals surface area contributed by atoms with Crippen LogP contribution in [-0.4, -0.2) is 20.9 Å². The Morgan fingerprint density at radius 3 is 2.62 bits per heavy atom. The van der Waals surface area contributed by atoms with Crippen LogP contribution in [0.15, 0.2) is 17.0 Å². The maximum absolute atomic E-state index is 12.2. The van der Waals surface area contributed by atoms with Gasteiger partial charge in [-0.25, -0.2) is 13.6 Å². The van der Waals surface area contributed by atoms with Crippen molar-refractivity contribution in [2.24, 2.45) is 17.0 Å². The Kier molecular flexibility index (Phi) is 4.60. The Labute approximate surface area is 129 Å². The van der Waals surface area contributed by atoms with Crippen LogP contribution in [0.2, 0.25) is 5.02 Å². The molecule has 1 aromatic carbocycles. The largest absolute Gasteiger partial charge is 0.352 e. The normalized spacial score (nSPS) is 16.6. The minimum Gasteiger partial charge on any atom is -0.352 e. The number of carbonyl (C=O) groups is 1. The predicted octanol–water partition coefficient (Wildman–Crippen LogP) is 2.07. The molecule has 21 heavy (non-hydrogen) atoms. The molecule has 0 saturated heterocycles. The summed E-state index contributed by atoms with van der Waals surface area (Å²) in [6, 6.07) is 2.72. The average molecular weight is 331 g/mol. The highest BCUT2D eigenvalue weighted by Crippen LogP contribution is 2.36. The van der Waals surface area contributed by atoms with Crippen LogP contribution < -0.4 is 10.5 Å². The molecule has 0 aliphatic heterocycles. The number of nitrogens with one attached hydrogen (secondary N) is 1. The van der Waals surface area contributed by atoms with Gasteiger partial charge in [-0.05, 0) is 49.3 Å². The van der Waals surface area contributed by atoms with E-state index >= 15 is 0 Å². The van der Waals surface area contributed by atoms with Crippen molar-refractivity contribution in [2.45, 2.75) is 31.6 Å². The molecule has 0 heterocycles. The van der Waals surface area contributed by atoms with E-state index in [0.717, 1.165) is 0 Å². The lowest BCUT2D eigenvalue weighted by Gasteiger charge is -2.14. The van der Waals surface area contributed by atoms with Crippen molar-refractivity contribution < 1.29 is 13.2 Å². The molecule has 0 spiro atoms. The molecule has 1 saturated carbocycles. The highest BCUT2D eigenvalue weighted by Gasteiger charge is 2.28. The van der Waals surface area contributed by atoms with Gasteiger partial charge >= 0.3 is 0 Å². The van der Waals surface area contributed by atoms with Gasteiger partial charge in [0.25, 0.3) is 5.91 Å². The predicted molar refractivity (Wildman–Crippen MR) is 81.8 cm³/mol. The zero-order chi connectivity index (χ0) is 15.8. The summed E-state index contributed by atoms with van der Waals surface area (Å²) in [6.07, 6.45) is 2.42. The lowest BCUT2D eigenvalue weighted by atomic mass is 10.1. The molecular formula is C14H19ClN2O3S. The van der Waals surface area contributed by atoms with Gasteiger partial charge in [0.2, 0.25) is 10.0 Å². The Bertz CT molecular complexity index is 669. The number of benzene rings is 1. The van der Waals surface area contributed by atoms with Crippen molar-refractivity contribution in [1.29, 1.82) is 0 Å². The van der Waals surface area contributed by atoms with E-state index in [0.29, 0.717) is 23.9 Å². The fraction of sp³-hybridized carbons (Fsp3) is 0.500. The third-order valence-corrected chi connectivity index (χ3v) is 5.14. The van der Waals surface area contributed by atoms with Gasteiger partial charge in [0.15, 0.2) is 0 Å². The van der Waals surface area contributed by atoms with E-state index in [-0.39, 0.29) is 21.4 Å². The zero-order valence-corrected chi connectivity index (χ0v) is 13.6. The van der Waals surface area contributed by atoms with E-state index in [4.69, 9.17) is 16.7 Å². The number of halogens is 1. The van der Waals surface area contributed by atoms with E-state index in [1.807, 2.05) is 0 Å². The first kappa shape index (κ1) is 16.3. The van der Waals surface area contributed by atoms with Crippen LogP contribution in [0.5, 0.6) is 0 Å². The first-order chi connectivity index (χ1) is 9.70. The molecule has 116 valence electrons. The Balaban J connectivity index is 2.22. The third-order valence-electron chi connectivity index (χ3n) is 3.89. The molecule has 7 heteroatoms. The van der Waals surface area contributed by atoms with Crippen molar-refractivity contribution >= 4 is 27.5 Å². The quantitative estimate of drug-likeness (QED) is 0.866. The SMILES string of the molecule is Cc1c(C(=O)NCC(C)C2CC2)cc(Cl)cc1S(N)(=O)=O. The summed E-state index contributed by atoms with van der Waals surface area (Å²) in [5.41, 5.74) is 0.563. The van der Waals surface area contributed by atoms with E-state index < -0.39 is 10.0 Å². The number of hydrogen-bond donors (Lipinski definition) is 2. The van der Waals surface area contributed by atoms with Crippen LogP contribution in [-0.2, 0) is 10.0 Å². The lowest BCUT2D eigenvalue weighted by Crippen LogP contribution is -2.30. The van der Waals surface area contributed by atoms with E-state index in [2.05, 4.69) is 12.2 Å². The summed E-state index contributed by atoms with van der Waals surface area (Å²) >= 11 is 5.90. The molecule has 1 atom stereocenters. The van der Waals surface area contributed by atoms with Crippen molar-refractivity contribution in [1.82, 2.24) is 5.32 Å². The maximum Gasteiger partial charge on any atom is 0.251 e. The number of primary sulfonamides is 1. The van der Waals surface area contributed by atoms with Gasteiger partial charge in [0.05, 0.1) is 4.90 Å². The van der Waals surface area contributed by atoms with Gasteiger partial charge in [-0.3, -0.25) is 4.79 Å². The fourth-order valence-electron chi connectivity index (χ4n) is 2.37. The number of carbonyl (C=O) groups excluding carboxylic acids is 1. The number of sulfonamides is 1. The van der Waals surface area contributed by atoms with Gasteiger partial charge < -0.3 is 5.32 Å². The Morgan fingerprint density at radius 1 is 1.48 bits per heavy atom. The standard InChI is InChI=1S/C14H19ClN2O3S/c1-8(10-3-4-10)7-17-14(18)12-5-11(15)6-13(9(12)2)21(16,19)20/h5-6,8,10H,3-4,7H2,1-2H3,(H,17,18)(H2,16,19,20). The fourth-order valence-corrected chi connectivity index (χ4v) is 3.48. The van der Waals surface area contributed by atoms with Crippen molar-refractivity contribution in [3.63, 3.8) is 0 Å². The second-order valence-corrected chi connectivity index (χ2v) is 7.61. The van der Waals surface area contributed by atoms with E-state index in [1.165, 1.54) is 25.0 Å². The molecule has 0 radical (unpaired) electrons. The van der Waals surface area contributed by atoms with Gasteiger partial charge in [-0.1, -0.05) is 18.5 Å².